The molecular formula is C8H10N6OS. The maximum atomic E-state index is 11.6. The molecule has 0 aliphatic carbocycles. The van der Waals surface area contributed by atoms with E-state index in [1.807, 2.05) is 13.8 Å². The summed E-state index contributed by atoms with van der Waals surface area (Å²) < 4.78 is 0. The topological polar surface area (TPSA) is 96.5 Å². The van der Waals surface area contributed by atoms with Crippen LogP contribution in [-0.4, -0.2) is 31.5 Å². The number of nitrogens with one attached hydrogen (secondary N) is 2. The van der Waals surface area contributed by atoms with Gasteiger partial charge in [0, 0.05) is 11.1 Å². The van der Waals surface area contributed by atoms with Gasteiger partial charge in [0.25, 0.3) is 11.7 Å². The number of carbonyl (C=O) groups is 1. The number of amides is 1. The molecule has 2 heterocycles. The number of aromatic amines is 1. The third-order valence-corrected chi connectivity index (χ3v) is 3.00. The number of rotatable bonds is 3. The van der Waals surface area contributed by atoms with Gasteiger partial charge < -0.3 is 5.32 Å². The van der Waals surface area contributed by atoms with Crippen LogP contribution in [0.25, 0.3) is 0 Å². The second-order valence-electron chi connectivity index (χ2n) is 3.24. The fraction of sp³-hybridized carbons (Fsp3) is 0.375. The van der Waals surface area contributed by atoms with Crippen LogP contribution in [0.2, 0.25) is 0 Å². The van der Waals surface area contributed by atoms with E-state index in [4.69, 9.17) is 0 Å². The zero-order valence-corrected chi connectivity index (χ0v) is 9.58. The molecule has 0 aromatic carbocycles. The van der Waals surface area contributed by atoms with Gasteiger partial charge in [0.15, 0.2) is 0 Å². The minimum Gasteiger partial charge on any atom is -0.340 e. The Kier molecular flexibility index (Phi) is 2.91. The Labute approximate surface area is 95.3 Å². The SMILES string of the molecule is Cc1cnc(C(C)NC(=O)c2nn[nH]n2)s1. The minimum absolute atomic E-state index is 0.0279. The Morgan fingerprint density at radius 2 is 2.44 bits per heavy atom. The summed E-state index contributed by atoms with van der Waals surface area (Å²) in [6.45, 7) is 3.82. The highest BCUT2D eigenvalue weighted by Gasteiger charge is 2.16. The molecule has 0 spiro atoms. The summed E-state index contributed by atoms with van der Waals surface area (Å²) >= 11 is 1.54. The van der Waals surface area contributed by atoms with Crippen LogP contribution in [0, 0.1) is 6.92 Å². The van der Waals surface area contributed by atoms with Crippen LogP contribution in [0.5, 0.6) is 0 Å². The monoisotopic (exact) mass is 238 g/mol. The first-order valence-corrected chi connectivity index (χ1v) is 5.45. The lowest BCUT2D eigenvalue weighted by Gasteiger charge is -2.08. The molecule has 84 valence electrons. The molecule has 0 aliphatic heterocycles. The van der Waals surface area contributed by atoms with Crippen molar-refractivity contribution in [3.63, 3.8) is 0 Å². The first kappa shape index (κ1) is 10.7. The van der Waals surface area contributed by atoms with Crippen molar-refractivity contribution in [2.24, 2.45) is 0 Å². The smallest absolute Gasteiger partial charge is 0.293 e. The van der Waals surface area contributed by atoms with Crippen LogP contribution in [-0.2, 0) is 0 Å². The van der Waals surface area contributed by atoms with E-state index in [1.54, 1.807) is 17.5 Å². The molecule has 1 amide bonds. The lowest BCUT2D eigenvalue weighted by Crippen LogP contribution is -2.27. The van der Waals surface area contributed by atoms with Crippen LogP contribution >= 0.6 is 11.3 Å². The van der Waals surface area contributed by atoms with Crippen LogP contribution in [0.4, 0.5) is 0 Å². The van der Waals surface area contributed by atoms with Crippen molar-refractivity contribution in [3.8, 4) is 0 Å². The zero-order valence-electron chi connectivity index (χ0n) is 8.76. The van der Waals surface area contributed by atoms with E-state index in [1.165, 1.54) is 0 Å². The van der Waals surface area contributed by atoms with E-state index in [-0.39, 0.29) is 17.8 Å². The van der Waals surface area contributed by atoms with Gasteiger partial charge in [-0.3, -0.25) is 4.79 Å². The van der Waals surface area contributed by atoms with Gasteiger partial charge in [-0.25, -0.2) is 4.98 Å². The van der Waals surface area contributed by atoms with Gasteiger partial charge >= 0.3 is 0 Å². The Balaban J connectivity index is 2.03. The maximum Gasteiger partial charge on any atom is 0.293 e. The van der Waals surface area contributed by atoms with Gasteiger partial charge in [-0.1, -0.05) is 0 Å². The highest BCUT2D eigenvalue weighted by atomic mass is 32.1. The largest absolute Gasteiger partial charge is 0.340 e. The van der Waals surface area contributed by atoms with E-state index >= 15 is 0 Å². The fourth-order valence-corrected chi connectivity index (χ4v) is 1.93. The van der Waals surface area contributed by atoms with Crippen LogP contribution in [0.3, 0.4) is 0 Å². The van der Waals surface area contributed by atoms with E-state index < -0.39 is 0 Å². The number of tetrazole rings is 1. The van der Waals surface area contributed by atoms with E-state index in [2.05, 4.69) is 30.9 Å². The molecule has 0 saturated carbocycles. The summed E-state index contributed by atoms with van der Waals surface area (Å²) in [7, 11) is 0. The van der Waals surface area contributed by atoms with Gasteiger partial charge in [-0.15, -0.1) is 21.5 Å². The maximum absolute atomic E-state index is 11.6. The second kappa shape index (κ2) is 4.35. The predicted octanol–water partition coefficient (Wildman–Crippen LogP) is 0.456. The molecule has 0 aliphatic rings. The van der Waals surface area contributed by atoms with Gasteiger partial charge in [0.05, 0.1) is 6.04 Å². The van der Waals surface area contributed by atoms with Gasteiger partial charge in [-0.05, 0) is 19.1 Å². The van der Waals surface area contributed by atoms with Crippen molar-refractivity contribution in [3.05, 3.63) is 21.9 Å². The molecule has 0 fully saturated rings. The normalized spacial score (nSPS) is 12.4. The van der Waals surface area contributed by atoms with E-state index in [0.29, 0.717) is 0 Å². The number of aryl methyl sites for hydroxylation is 1. The summed E-state index contributed by atoms with van der Waals surface area (Å²) in [5.41, 5.74) is 0. The standard InChI is InChI=1S/C8H10N6OS/c1-4-3-9-8(16-4)5(2)10-7(15)6-11-13-14-12-6/h3,5H,1-2H3,(H,10,15)(H,11,12,13,14). The number of H-pyrrole nitrogens is 1. The van der Waals surface area contributed by atoms with Gasteiger partial charge in [-0.2, -0.15) is 5.21 Å². The van der Waals surface area contributed by atoms with Crippen LogP contribution in [0.15, 0.2) is 6.20 Å². The molecule has 0 saturated heterocycles. The van der Waals surface area contributed by atoms with Crippen LogP contribution < -0.4 is 5.32 Å². The van der Waals surface area contributed by atoms with Crippen molar-refractivity contribution >= 4 is 17.2 Å². The van der Waals surface area contributed by atoms with E-state index in [9.17, 15) is 4.79 Å². The number of aromatic nitrogens is 5. The third kappa shape index (κ3) is 2.22. The zero-order chi connectivity index (χ0) is 11.5. The highest BCUT2D eigenvalue weighted by Crippen LogP contribution is 2.18. The molecular weight excluding hydrogens is 228 g/mol. The summed E-state index contributed by atoms with van der Waals surface area (Å²) in [5.74, 6) is -0.339. The Morgan fingerprint density at radius 3 is 3.00 bits per heavy atom. The van der Waals surface area contributed by atoms with Crippen molar-refractivity contribution < 1.29 is 4.79 Å². The average molecular weight is 238 g/mol. The van der Waals surface area contributed by atoms with Gasteiger partial charge in [0.2, 0.25) is 0 Å². The Bertz CT molecular complexity index is 478. The highest BCUT2D eigenvalue weighted by molar-refractivity contribution is 7.11. The minimum atomic E-state index is -0.367. The average Bonchev–Trinajstić information content (AvgIpc) is 2.87. The molecule has 1 unspecified atom stereocenters. The first-order valence-electron chi connectivity index (χ1n) is 4.63. The predicted molar refractivity (Wildman–Crippen MR) is 56.9 cm³/mol. The number of hydrogen-bond acceptors (Lipinski definition) is 6. The van der Waals surface area contributed by atoms with Crippen molar-refractivity contribution in [2.45, 2.75) is 19.9 Å². The summed E-state index contributed by atoms with van der Waals surface area (Å²) in [4.78, 5) is 16.9. The van der Waals surface area contributed by atoms with Crippen molar-refractivity contribution in [1.29, 1.82) is 0 Å². The molecule has 2 aromatic rings. The quantitative estimate of drug-likeness (QED) is 0.809. The van der Waals surface area contributed by atoms with Crippen molar-refractivity contribution in [1.82, 2.24) is 30.9 Å². The number of carbonyl (C=O) groups excluding carboxylic acids is 1. The first-order chi connectivity index (χ1) is 7.66. The Hall–Kier alpha value is -1.83. The molecule has 0 bridgehead atoms. The molecule has 2 rings (SSSR count). The summed E-state index contributed by atoms with van der Waals surface area (Å²) in [6, 6.07) is -0.162. The summed E-state index contributed by atoms with van der Waals surface area (Å²) in [6.07, 6.45) is 1.77. The third-order valence-electron chi connectivity index (χ3n) is 1.91. The number of thiazole rings is 1. The molecule has 0 radical (unpaired) electrons. The van der Waals surface area contributed by atoms with Gasteiger partial charge in [0.1, 0.15) is 5.01 Å². The lowest BCUT2D eigenvalue weighted by atomic mass is 10.3. The number of hydrogen-bond donors (Lipinski definition) is 2. The lowest BCUT2D eigenvalue weighted by molar-refractivity contribution is 0.0929. The molecule has 7 nitrogen and oxygen atoms in total. The molecule has 16 heavy (non-hydrogen) atoms. The molecule has 8 heteroatoms. The van der Waals surface area contributed by atoms with E-state index in [0.717, 1.165) is 9.88 Å². The van der Waals surface area contributed by atoms with Crippen LogP contribution in [0.1, 0.15) is 33.5 Å². The fourth-order valence-electron chi connectivity index (χ4n) is 1.15. The Morgan fingerprint density at radius 1 is 1.62 bits per heavy atom. The number of nitrogens with zero attached hydrogens (tertiary/aromatic N) is 4. The molecule has 1 atom stereocenters. The van der Waals surface area contributed by atoms with Crippen molar-refractivity contribution in [2.75, 3.05) is 0 Å². The molecule has 2 aromatic heterocycles. The second-order valence-corrected chi connectivity index (χ2v) is 4.51. The molecule has 2 N–H and O–H groups in total. The summed E-state index contributed by atoms with van der Waals surface area (Å²) in [5, 5.41) is 16.3.